The number of aryl methyl sites for hydroxylation is 3. The van der Waals surface area contributed by atoms with Crippen LogP contribution in [0.4, 0.5) is 0 Å². The Morgan fingerprint density at radius 3 is 2.47 bits per heavy atom. The molecule has 1 aromatic heterocycles. The third kappa shape index (κ3) is 2.04. The van der Waals surface area contributed by atoms with Crippen molar-refractivity contribution in [1.29, 1.82) is 0 Å². The fraction of sp³-hybridized carbons (Fsp3) is 0.250. The normalized spacial score (nSPS) is 10.5. The minimum atomic E-state index is -0.925. The predicted octanol–water partition coefficient (Wildman–Crippen LogP) is 1.89. The molecular weight excluding hydrogens is 218 g/mol. The van der Waals surface area contributed by atoms with Crippen molar-refractivity contribution in [2.75, 3.05) is 0 Å². The van der Waals surface area contributed by atoms with E-state index in [4.69, 9.17) is 5.11 Å². The van der Waals surface area contributed by atoms with Gasteiger partial charge in [-0.1, -0.05) is 0 Å². The molecule has 5 nitrogen and oxygen atoms in total. The van der Waals surface area contributed by atoms with Crippen molar-refractivity contribution >= 4 is 5.97 Å². The molecule has 5 heteroatoms. The van der Waals surface area contributed by atoms with Crippen LogP contribution in [0.15, 0.2) is 18.2 Å². The van der Waals surface area contributed by atoms with Crippen LogP contribution in [0.3, 0.4) is 0 Å². The van der Waals surface area contributed by atoms with E-state index in [1.807, 2.05) is 20.8 Å². The fourth-order valence-electron chi connectivity index (χ4n) is 1.78. The number of hydrogen-bond acceptors (Lipinski definition) is 3. The summed E-state index contributed by atoms with van der Waals surface area (Å²) in [6.45, 7) is 5.55. The van der Waals surface area contributed by atoms with Crippen LogP contribution in [0, 0.1) is 20.8 Å². The van der Waals surface area contributed by atoms with Gasteiger partial charge in [-0.2, -0.15) is 5.10 Å². The van der Waals surface area contributed by atoms with Crippen LogP contribution in [0.1, 0.15) is 27.6 Å². The zero-order valence-corrected chi connectivity index (χ0v) is 9.93. The minimum Gasteiger partial charge on any atom is -0.478 e. The van der Waals surface area contributed by atoms with Gasteiger partial charge in [0.05, 0.1) is 11.3 Å². The van der Waals surface area contributed by atoms with Gasteiger partial charge in [-0.15, -0.1) is 0 Å². The molecule has 0 amide bonds. The maximum Gasteiger partial charge on any atom is 0.335 e. The summed E-state index contributed by atoms with van der Waals surface area (Å²) in [6.07, 6.45) is 0. The van der Waals surface area contributed by atoms with Crippen molar-refractivity contribution < 1.29 is 9.90 Å². The SMILES string of the molecule is Cc1nc(C)n(-c2ccc(C(=O)O)cc2C)n1. The summed E-state index contributed by atoms with van der Waals surface area (Å²) in [7, 11) is 0. The lowest BCUT2D eigenvalue weighted by atomic mass is 10.1. The molecule has 88 valence electrons. The van der Waals surface area contributed by atoms with Crippen LogP contribution in [0.25, 0.3) is 5.69 Å². The molecule has 0 radical (unpaired) electrons. The number of carboxylic acids is 1. The number of carbonyl (C=O) groups is 1. The predicted molar refractivity (Wildman–Crippen MR) is 62.5 cm³/mol. The first-order chi connectivity index (χ1) is 7.99. The van der Waals surface area contributed by atoms with Gasteiger partial charge in [-0.3, -0.25) is 0 Å². The highest BCUT2D eigenvalue weighted by atomic mass is 16.4. The van der Waals surface area contributed by atoms with Gasteiger partial charge in [-0.25, -0.2) is 14.5 Å². The Labute approximate surface area is 98.7 Å². The molecule has 0 bridgehead atoms. The largest absolute Gasteiger partial charge is 0.478 e. The molecule has 0 unspecified atom stereocenters. The Morgan fingerprint density at radius 2 is 2.00 bits per heavy atom. The van der Waals surface area contributed by atoms with Crippen molar-refractivity contribution in [3.05, 3.63) is 41.0 Å². The van der Waals surface area contributed by atoms with Gasteiger partial charge in [-0.05, 0) is 44.5 Å². The first-order valence-electron chi connectivity index (χ1n) is 5.23. The van der Waals surface area contributed by atoms with E-state index in [0.29, 0.717) is 5.82 Å². The quantitative estimate of drug-likeness (QED) is 0.857. The number of rotatable bonds is 2. The van der Waals surface area contributed by atoms with E-state index < -0.39 is 5.97 Å². The van der Waals surface area contributed by atoms with E-state index in [9.17, 15) is 4.79 Å². The number of hydrogen-bond donors (Lipinski definition) is 1. The maximum absolute atomic E-state index is 10.8. The van der Waals surface area contributed by atoms with E-state index in [1.165, 1.54) is 0 Å². The van der Waals surface area contributed by atoms with Gasteiger partial charge in [0.15, 0.2) is 0 Å². The van der Waals surface area contributed by atoms with E-state index in [1.54, 1.807) is 22.9 Å². The van der Waals surface area contributed by atoms with E-state index in [-0.39, 0.29) is 5.56 Å². The summed E-state index contributed by atoms with van der Waals surface area (Å²) in [5.74, 6) is 0.559. The number of nitrogens with zero attached hydrogens (tertiary/aromatic N) is 3. The molecule has 0 spiro atoms. The topological polar surface area (TPSA) is 68.0 Å². The van der Waals surface area contributed by atoms with Gasteiger partial charge in [0.2, 0.25) is 0 Å². The summed E-state index contributed by atoms with van der Waals surface area (Å²) in [5.41, 5.74) is 1.99. The lowest BCUT2D eigenvalue weighted by Gasteiger charge is -2.07. The molecule has 0 aliphatic rings. The highest BCUT2D eigenvalue weighted by Gasteiger charge is 2.10. The lowest BCUT2D eigenvalue weighted by molar-refractivity contribution is 0.0697. The van der Waals surface area contributed by atoms with Gasteiger partial charge in [0, 0.05) is 0 Å². The average molecular weight is 231 g/mol. The molecule has 1 N–H and O–H groups in total. The minimum absolute atomic E-state index is 0.278. The fourth-order valence-corrected chi connectivity index (χ4v) is 1.78. The molecular formula is C12H13N3O2. The molecule has 2 aromatic rings. The Balaban J connectivity index is 2.54. The molecule has 0 aliphatic carbocycles. The second-order valence-electron chi connectivity index (χ2n) is 3.92. The van der Waals surface area contributed by atoms with Crippen molar-refractivity contribution in [3.8, 4) is 5.69 Å². The molecule has 0 atom stereocenters. The van der Waals surface area contributed by atoms with Crippen LogP contribution < -0.4 is 0 Å². The number of aromatic nitrogens is 3. The lowest BCUT2D eigenvalue weighted by Crippen LogP contribution is -2.04. The van der Waals surface area contributed by atoms with Crippen molar-refractivity contribution in [1.82, 2.24) is 14.8 Å². The molecule has 0 fully saturated rings. The van der Waals surface area contributed by atoms with E-state index in [2.05, 4.69) is 10.1 Å². The monoisotopic (exact) mass is 231 g/mol. The summed E-state index contributed by atoms with van der Waals surface area (Å²) in [6, 6.07) is 4.95. The number of benzene rings is 1. The standard InChI is InChI=1S/C12H13N3O2/c1-7-6-10(12(16)17)4-5-11(7)15-9(3)13-8(2)14-15/h4-6H,1-3H3,(H,16,17). The Morgan fingerprint density at radius 1 is 1.29 bits per heavy atom. The van der Waals surface area contributed by atoms with Crippen LogP contribution in [-0.2, 0) is 0 Å². The molecule has 0 saturated heterocycles. The number of aromatic carboxylic acids is 1. The molecule has 0 aliphatic heterocycles. The van der Waals surface area contributed by atoms with Crippen LogP contribution in [0.5, 0.6) is 0 Å². The van der Waals surface area contributed by atoms with Crippen molar-refractivity contribution in [3.63, 3.8) is 0 Å². The summed E-state index contributed by atoms with van der Waals surface area (Å²) >= 11 is 0. The first-order valence-corrected chi connectivity index (χ1v) is 5.23. The zero-order chi connectivity index (χ0) is 12.6. The molecule has 2 rings (SSSR count). The molecule has 1 heterocycles. The average Bonchev–Trinajstić information content (AvgIpc) is 2.57. The summed E-state index contributed by atoms with van der Waals surface area (Å²) in [5, 5.41) is 13.2. The second-order valence-corrected chi connectivity index (χ2v) is 3.92. The third-order valence-electron chi connectivity index (χ3n) is 2.55. The zero-order valence-electron chi connectivity index (χ0n) is 9.93. The van der Waals surface area contributed by atoms with E-state index >= 15 is 0 Å². The highest BCUT2D eigenvalue weighted by Crippen LogP contribution is 2.16. The Bertz CT molecular complexity index is 587. The molecule has 0 saturated carbocycles. The van der Waals surface area contributed by atoms with E-state index in [0.717, 1.165) is 17.1 Å². The van der Waals surface area contributed by atoms with Crippen molar-refractivity contribution in [2.45, 2.75) is 20.8 Å². The molecule has 17 heavy (non-hydrogen) atoms. The van der Waals surface area contributed by atoms with Gasteiger partial charge in [0.1, 0.15) is 11.6 Å². The Hall–Kier alpha value is -2.17. The van der Waals surface area contributed by atoms with Crippen LogP contribution in [0.2, 0.25) is 0 Å². The summed E-state index contributed by atoms with van der Waals surface area (Å²) < 4.78 is 1.72. The van der Waals surface area contributed by atoms with Crippen LogP contribution >= 0.6 is 0 Å². The summed E-state index contributed by atoms with van der Waals surface area (Å²) in [4.78, 5) is 15.1. The van der Waals surface area contributed by atoms with Gasteiger partial charge >= 0.3 is 5.97 Å². The van der Waals surface area contributed by atoms with Gasteiger partial charge in [0.25, 0.3) is 0 Å². The Kier molecular flexibility index (Phi) is 2.67. The van der Waals surface area contributed by atoms with Crippen molar-refractivity contribution in [2.24, 2.45) is 0 Å². The highest BCUT2D eigenvalue weighted by molar-refractivity contribution is 5.88. The number of carboxylic acid groups (broad SMARTS) is 1. The first kappa shape index (κ1) is 11.3. The smallest absolute Gasteiger partial charge is 0.335 e. The van der Waals surface area contributed by atoms with Crippen LogP contribution in [-0.4, -0.2) is 25.8 Å². The molecule has 1 aromatic carbocycles. The third-order valence-corrected chi connectivity index (χ3v) is 2.55. The maximum atomic E-state index is 10.8. The second kappa shape index (κ2) is 4.01. The van der Waals surface area contributed by atoms with Gasteiger partial charge < -0.3 is 5.11 Å².